The number of amides is 2. The first-order chi connectivity index (χ1) is 9.54. The molecule has 0 radical (unpaired) electrons. The van der Waals surface area contributed by atoms with Crippen LogP contribution in [-0.2, 0) is 0 Å². The minimum atomic E-state index is -1.02. The van der Waals surface area contributed by atoms with E-state index in [1.54, 1.807) is 12.1 Å². The van der Waals surface area contributed by atoms with E-state index < -0.39 is 12.0 Å². The first kappa shape index (κ1) is 13.8. The number of pyridine rings is 1. The van der Waals surface area contributed by atoms with Crippen molar-refractivity contribution >= 4 is 35.0 Å². The van der Waals surface area contributed by atoms with E-state index in [-0.39, 0.29) is 5.56 Å². The Labute approximate surface area is 119 Å². The van der Waals surface area contributed by atoms with E-state index in [9.17, 15) is 9.59 Å². The number of urea groups is 1. The number of aromatic nitrogens is 1. The predicted octanol–water partition coefficient (Wildman–Crippen LogP) is 3.08. The zero-order valence-electron chi connectivity index (χ0n) is 10.1. The van der Waals surface area contributed by atoms with Crippen molar-refractivity contribution in [3.63, 3.8) is 0 Å². The van der Waals surface area contributed by atoms with Crippen LogP contribution in [0.5, 0.6) is 0 Å². The summed E-state index contributed by atoms with van der Waals surface area (Å²) >= 11 is 5.63. The number of hydrogen-bond donors (Lipinski definition) is 3. The molecule has 0 aliphatic heterocycles. The first-order valence-electron chi connectivity index (χ1n) is 5.57. The number of aromatic carboxylic acids is 1. The fourth-order valence-electron chi connectivity index (χ4n) is 1.44. The van der Waals surface area contributed by atoms with Gasteiger partial charge in [0.15, 0.2) is 0 Å². The molecule has 6 nitrogen and oxygen atoms in total. The van der Waals surface area contributed by atoms with Gasteiger partial charge < -0.3 is 15.7 Å². The number of nitrogens with one attached hydrogen (secondary N) is 2. The van der Waals surface area contributed by atoms with E-state index in [0.717, 1.165) is 0 Å². The normalized spacial score (nSPS) is 9.85. The SMILES string of the molecule is O=C(Nc1ccc(C(=O)O)cc1)Nc1ccc(Cl)nc1. The van der Waals surface area contributed by atoms with E-state index in [1.165, 1.54) is 30.5 Å². The lowest BCUT2D eigenvalue weighted by atomic mass is 10.2. The second-order valence-electron chi connectivity index (χ2n) is 3.83. The maximum atomic E-state index is 11.7. The summed E-state index contributed by atoms with van der Waals surface area (Å²) in [5.74, 6) is -1.02. The zero-order valence-corrected chi connectivity index (χ0v) is 10.9. The van der Waals surface area contributed by atoms with E-state index in [2.05, 4.69) is 15.6 Å². The Kier molecular flexibility index (Phi) is 4.17. The zero-order chi connectivity index (χ0) is 14.5. The van der Waals surface area contributed by atoms with Crippen molar-refractivity contribution in [2.75, 3.05) is 10.6 Å². The Hall–Kier alpha value is -2.60. The fraction of sp³-hybridized carbons (Fsp3) is 0. The van der Waals surface area contributed by atoms with E-state index in [1.807, 2.05) is 0 Å². The molecule has 1 heterocycles. The second-order valence-corrected chi connectivity index (χ2v) is 4.22. The second kappa shape index (κ2) is 6.03. The summed E-state index contributed by atoms with van der Waals surface area (Å²) in [5.41, 5.74) is 1.13. The van der Waals surface area contributed by atoms with Crippen molar-refractivity contribution in [2.24, 2.45) is 0 Å². The lowest BCUT2D eigenvalue weighted by Crippen LogP contribution is -2.19. The van der Waals surface area contributed by atoms with E-state index in [4.69, 9.17) is 16.7 Å². The highest BCUT2D eigenvalue weighted by atomic mass is 35.5. The molecule has 0 atom stereocenters. The monoisotopic (exact) mass is 291 g/mol. The van der Waals surface area contributed by atoms with Crippen LogP contribution in [0.1, 0.15) is 10.4 Å². The number of carboxylic acids is 1. The molecule has 0 bridgehead atoms. The van der Waals surface area contributed by atoms with Gasteiger partial charge in [0.05, 0.1) is 17.4 Å². The van der Waals surface area contributed by atoms with Crippen molar-refractivity contribution in [2.45, 2.75) is 0 Å². The highest BCUT2D eigenvalue weighted by Crippen LogP contribution is 2.12. The third-order valence-electron chi connectivity index (χ3n) is 2.37. The van der Waals surface area contributed by atoms with Gasteiger partial charge in [0, 0.05) is 5.69 Å². The summed E-state index contributed by atoms with van der Waals surface area (Å²) in [7, 11) is 0. The van der Waals surface area contributed by atoms with Gasteiger partial charge in [-0.1, -0.05) is 11.6 Å². The van der Waals surface area contributed by atoms with Gasteiger partial charge in [0.2, 0.25) is 0 Å². The number of benzene rings is 1. The number of rotatable bonds is 3. The third-order valence-corrected chi connectivity index (χ3v) is 2.60. The summed E-state index contributed by atoms with van der Waals surface area (Å²) in [6.45, 7) is 0. The van der Waals surface area contributed by atoms with E-state index in [0.29, 0.717) is 16.5 Å². The lowest BCUT2D eigenvalue weighted by Gasteiger charge is -2.07. The lowest BCUT2D eigenvalue weighted by molar-refractivity contribution is 0.0697. The molecule has 1 aromatic carbocycles. The Bertz CT molecular complexity index is 626. The molecule has 2 rings (SSSR count). The average Bonchev–Trinajstić information content (AvgIpc) is 2.42. The molecule has 0 aliphatic carbocycles. The molecule has 102 valence electrons. The highest BCUT2D eigenvalue weighted by Gasteiger charge is 2.05. The van der Waals surface area contributed by atoms with Gasteiger partial charge in [-0.2, -0.15) is 0 Å². The molecule has 1 aromatic heterocycles. The molecule has 3 N–H and O–H groups in total. The summed E-state index contributed by atoms with van der Waals surface area (Å²) < 4.78 is 0. The van der Waals surface area contributed by atoms with Gasteiger partial charge >= 0.3 is 12.0 Å². The van der Waals surface area contributed by atoms with Gasteiger partial charge in [0.25, 0.3) is 0 Å². The van der Waals surface area contributed by atoms with Crippen molar-refractivity contribution in [3.05, 3.63) is 53.3 Å². The molecule has 20 heavy (non-hydrogen) atoms. The Morgan fingerprint density at radius 3 is 2.15 bits per heavy atom. The van der Waals surface area contributed by atoms with Gasteiger partial charge in [-0.05, 0) is 36.4 Å². The van der Waals surface area contributed by atoms with E-state index >= 15 is 0 Å². The van der Waals surface area contributed by atoms with Crippen LogP contribution in [0.15, 0.2) is 42.6 Å². The number of nitrogens with zero attached hydrogens (tertiary/aromatic N) is 1. The van der Waals surface area contributed by atoms with Crippen LogP contribution in [0.4, 0.5) is 16.2 Å². The maximum Gasteiger partial charge on any atom is 0.335 e. The number of hydrogen-bond acceptors (Lipinski definition) is 3. The summed E-state index contributed by atoms with van der Waals surface area (Å²) in [5, 5.41) is 14.2. The minimum Gasteiger partial charge on any atom is -0.478 e. The molecule has 0 fully saturated rings. The minimum absolute atomic E-state index is 0.151. The van der Waals surface area contributed by atoms with Crippen molar-refractivity contribution < 1.29 is 14.7 Å². The van der Waals surface area contributed by atoms with Gasteiger partial charge in [-0.15, -0.1) is 0 Å². The molecular weight excluding hydrogens is 282 g/mol. The van der Waals surface area contributed by atoms with Crippen molar-refractivity contribution in [1.29, 1.82) is 0 Å². The number of halogens is 1. The van der Waals surface area contributed by atoms with Crippen LogP contribution in [0.3, 0.4) is 0 Å². The molecule has 0 unspecified atom stereocenters. The molecule has 2 amide bonds. The topological polar surface area (TPSA) is 91.3 Å². The Balaban J connectivity index is 1.97. The van der Waals surface area contributed by atoms with Crippen LogP contribution in [0.2, 0.25) is 5.15 Å². The quantitative estimate of drug-likeness (QED) is 0.758. The standard InChI is InChI=1S/C13H10ClN3O3/c14-11-6-5-10(7-15-11)17-13(20)16-9-3-1-8(2-4-9)12(18)19/h1-7H,(H,18,19)(H2,16,17,20). The molecule has 0 spiro atoms. The number of carbonyl (C=O) groups is 2. The first-order valence-corrected chi connectivity index (χ1v) is 5.95. The molecular formula is C13H10ClN3O3. The van der Waals surface area contributed by atoms with Gasteiger partial charge in [-0.3, -0.25) is 0 Å². The summed E-state index contributed by atoms with van der Waals surface area (Å²) in [6, 6.07) is 8.52. The molecule has 2 aromatic rings. The van der Waals surface area contributed by atoms with Crippen molar-refractivity contribution in [1.82, 2.24) is 4.98 Å². The number of carbonyl (C=O) groups excluding carboxylic acids is 1. The molecule has 7 heteroatoms. The highest BCUT2D eigenvalue weighted by molar-refractivity contribution is 6.29. The average molecular weight is 292 g/mol. The van der Waals surface area contributed by atoms with Crippen LogP contribution < -0.4 is 10.6 Å². The summed E-state index contributed by atoms with van der Waals surface area (Å²) in [4.78, 5) is 26.2. The van der Waals surface area contributed by atoms with Gasteiger partial charge in [-0.25, -0.2) is 14.6 Å². The third kappa shape index (κ3) is 3.69. The largest absolute Gasteiger partial charge is 0.478 e. The van der Waals surface area contributed by atoms with Crippen LogP contribution >= 0.6 is 11.6 Å². The van der Waals surface area contributed by atoms with Crippen LogP contribution in [0.25, 0.3) is 0 Å². The molecule has 0 aliphatic rings. The number of anilines is 2. The van der Waals surface area contributed by atoms with Crippen LogP contribution in [-0.4, -0.2) is 22.1 Å². The predicted molar refractivity (Wildman–Crippen MR) is 75.3 cm³/mol. The Morgan fingerprint density at radius 1 is 1.00 bits per heavy atom. The van der Waals surface area contributed by atoms with Crippen molar-refractivity contribution in [3.8, 4) is 0 Å². The summed E-state index contributed by atoms with van der Waals surface area (Å²) in [6.07, 6.45) is 1.43. The fourth-order valence-corrected chi connectivity index (χ4v) is 1.55. The number of carboxylic acid groups (broad SMARTS) is 1. The molecule has 0 saturated carbocycles. The van der Waals surface area contributed by atoms with Crippen LogP contribution in [0, 0.1) is 0 Å². The van der Waals surface area contributed by atoms with Gasteiger partial charge in [0.1, 0.15) is 5.15 Å². The Morgan fingerprint density at radius 2 is 1.60 bits per heavy atom. The molecule has 0 saturated heterocycles. The smallest absolute Gasteiger partial charge is 0.335 e. The maximum absolute atomic E-state index is 11.7.